The first-order valence-electron chi connectivity index (χ1n) is 11.9. The van der Waals surface area contributed by atoms with Gasteiger partial charge in [0.05, 0.1) is 6.54 Å². The van der Waals surface area contributed by atoms with Gasteiger partial charge >= 0.3 is 0 Å². The number of halogens is 1. The fourth-order valence-electron chi connectivity index (χ4n) is 4.15. The summed E-state index contributed by atoms with van der Waals surface area (Å²) in [5.41, 5.74) is 3.22. The number of nitrogens with one attached hydrogen (secondary N) is 2. The van der Waals surface area contributed by atoms with Crippen molar-refractivity contribution in [3.05, 3.63) is 53.7 Å². The number of piperazine rings is 1. The fraction of sp³-hybridized carbons (Fsp3) is 0.480. The molecule has 0 bridgehead atoms. The van der Waals surface area contributed by atoms with Crippen LogP contribution in [0.25, 0.3) is 0 Å². The molecule has 1 aromatic heterocycles. The number of carbonyl (C=O) groups excluding carboxylic acids is 1. The molecule has 34 heavy (non-hydrogen) atoms. The number of amides is 1. The molecule has 2 aliphatic rings. The number of pyridine rings is 1. The Labute approximate surface area is 219 Å². The van der Waals surface area contributed by atoms with Crippen LogP contribution in [0.5, 0.6) is 0 Å². The fourth-order valence-corrected chi connectivity index (χ4v) is 4.15. The van der Waals surface area contributed by atoms with E-state index in [2.05, 4.69) is 63.7 Å². The van der Waals surface area contributed by atoms with Crippen LogP contribution in [-0.2, 0) is 17.9 Å². The second-order valence-corrected chi connectivity index (χ2v) is 8.68. The van der Waals surface area contributed by atoms with Gasteiger partial charge in [-0.25, -0.2) is 9.98 Å². The Hall–Kier alpha value is -2.40. The molecule has 2 fully saturated rings. The predicted molar refractivity (Wildman–Crippen MR) is 149 cm³/mol. The van der Waals surface area contributed by atoms with Crippen LogP contribution in [0, 0.1) is 0 Å². The van der Waals surface area contributed by atoms with Crippen molar-refractivity contribution in [3.8, 4) is 0 Å². The molecule has 1 amide bonds. The lowest BCUT2D eigenvalue weighted by molar-refractivity contribution is -0.117. The summed E-state index contributed by atoms with van der Waals surface area (Å²) < 4.78 is 0. The van der Waals surface area contributed by atoms with Crippen molar-refractivity contribution in [1.29, 1.82) is 0 Å². The molecule has 2 N–H and O–H groups in total. The van der Waals surface area contributed by atoms with E-state index in [9.17, 15) is 4.79 Å². The van der Waals surface area contributed by atoms with E-state index >= 15 is 0 Å². The molecule has 2 saturated heterocycles. The van der Waals surface area contributed by atoms with E-state index in [1.165, 1.54) is 0 Å². The number of nitrogens with zero attached hydrogens (tertiary/aromatic N) is 5. The minimum atomic E-state index is 0. The highest BCUT2D eigenvalue weighted by Gasteiger charge is 2.21. The number of rotatable bonds is 7. The van der Waals surface area contributed by atoms with Crippen LogP contribution in [0.4, 0.5) is 11.5 Å². The molecule has 184 valence electrons. The molecular formula is C25H36IN7O. The molecule has 0 unspecified atom stereocenters. The Morgan fingerprint density at radius 3 is 2.35 bits per heavy atom. The molecule has 3 heterocycles. The lowest BCUT2D eigenvalue weighted by Gasteiger charge is -2.33. The molecule has 8 nitrogen and oxygen atoms in total. The highest BCUT2D eigenvalue weighted by Crippen LogP contribution is 2.21. The van der Waals surface area contributed by atoms with Crippen molar-refractivity contribution in [2.24, 2.45) is 4.99 Å². The lowest BCUT2D eigenvalue weighted by Crippen LogP contribution is -2.44. The van der Waals surface area contributed by atoms with Crippen molar-refractivity contribution >= 4 is 47.3 Å². The average Bonchev–Trinajstić information content (AvgIpc) is 3.28. The summed E-state index contributed by atoms with van der Waals surface area (Å²) in [7, 11) is 2.16. The number of benzene rings is 1. The van der Waals surface area contributed by atoms with Gasteiger partial charge in [0.15, 0.2) is 5.96 Å². The van der Waals surface area contributed by atoms with Crippen LogP contribution < -0.4 is 20.4 Å². The molecule has 9 heteroatoms. The van der Waals surface area contributed by atoms with E-state index in [1.807, 2.05) is 23.2 Å². The van der Waals surface area contributed by atoms with Gasteiger partial charge < -0.3 is 25.3 Å². The first kappa shape index (κ1) is 26.2. The van der Waals surface area contributed by atoms with Gasteiger partial charge in [-0.1, -0.05) is 18.2 Å². The summed E-state index contributed by atoms with van der Waals surface area (Å²) >= 11 is 0. The van der Waals surface area contributed by atoms with Gasteiger partial charge in [-0.15, -0.1) is 24.0 Å². The van der Waals surface area contributed by atoms with Gasteiger partial charge in [0.1, 0.15) is 5.82 Å². The Morgan fingerprint density at radius 2 is 1.74 bits per heavy atom. The molecule has 1 aromatic carbocycles. The Bertz CT molecular complexity index is 941. The van der Waals surface area contributed by atoms with Gasteiger partial charge in [0.2, 0.25) is 5.91 Å². The largest absolute Gasteiger partial charge is 0.357 e. The second kappa shape index (κ2) is 12.9. The van der Waals surface area contributed by atoms with Crippen LogP contribution in [0.3, 0.4) is 0 Å². The third kappa shape index (κ3) is 7.05. The number of likely N-dealkylation sites (N-methyl/N-ethyl adjacent to an activating group) is 1. The monoisotopic (exact) mass is 577 g/mol. The van der Waals surface area contributed by atoms with Crippen molar-refractivity contribution in [2.75, 3.05) is 56.1 Å². The standard InChI is InChI=1S/C25H35N7O.HI/c1-3-26-25(28-17-20-6-9-22(10-7-20)32-12-4-5-24(32)33)29-19-21-8-11-23(27-18-21)31-15-13-30(2)14-16-31;/h6-11,18H,3-5,12-17,19H2,1-2H3,(H2,26,28,29);1H. The lowest BCUT2D eigenvalue weighted by atomic mass is 10.2. The SMILES string of the molecule is CCNC(=NCc1ccc(N2CCN(C)CC2)nc1)NCc1ccc(N2CCCC2=O)cc1.I. The van der Waals surface area contributed by atoms with Crippen LogP contribution in [0.2, 0.25) is 0 Å². The minimum Gasteiger partial charge on any atom is -0.357 e. The highest BCUT2D eigenvalue weighted by molar-refractivity contribution is 14.0. The summed E-state index contributed by atoms with van der Waals surface area (Å²) in [5, 5.41) is 6.70. The predicted octanol–water partition coefficient (Wildman–Crippen LogP) is 2.83. The molecule has 2 aromatic rings. The zero-order valence-electron chi connectivity index (χ0n) is 20.2. The first-order chi connectivity index (χ1) is 16.1. The van der Waals surface area contributed by atoms with Crippen molar-refractivity contribution < 1.29 is 4.79 Å². The summed E-state index contributed by atoms with van der Waals surface area (Å²) in [6, 6.07) is 12.4. The van der Waals surface area contributed by atoms with Crippen LogP contribution in [-0.4, -0.2) is 68.1 Å². The average molecular weight is 578 g/mol. The smallest absolute Gasteiger partial charge is 0.227 e. The number of carbonyl (C=O) groups is 1. The molecule has 0 saturated carbocycles. The number of anilines is 2. The van der Waals surface area contributed by atoms with Gasteiger partial charge in [-0.2, -0.15) is 0 Å². The maximum Gasteiger partial charge on any atom is 0.227 e. The van der Waals surface area contributed by atoms with E-state index in [0.717, 1.165) is 74.3 Å². The zero-order valence-corrected chi connectivity index (χ0v) is 22.5. The van der Waals surface area contributed by atoms with Crippen molar-refractivity contribution in [1.82, 2.24) is 20.5 Å². The van der Waals surface area contributed by atoms with Crippen LogP contribution in [0.15, 0.2) is 47.6 Å². The van der Waals surface area contributed by atoms with Gasteiger partial charge in [0.25, 0.3) is 0 Å². The third-order valence-corrected chi connectivity index (χ3v) is 6.18. The van der Waals surface area contributed by atoms with E-state index in [-0.39, 0.29) is 29.9 Å². The number of guanidine groups is 1. The maximum absolute atomic E-state index is 11.9. The van der Waals surface area contributed by atoms with Crippen molar-refractivity contribution in [2.45, 2.75) is 32.9 Å². The molecule has 0 aliphatic carbocycles. The molecule has 4 rings (SSSR count). The second-order valence-electron chi connectivity index (χ2n) is 8.68. The Kier molecular flexibility index (Phi) is 9.94. The maximum atomic E-state index is 11.9. The van der Waals surface area contributed by atoms with Gasteiger partial charge in [-0.3, -0.25) is 4.79 Å². The Morgan fingerprint density at radius 1 is 1.00 bits per heavy atom. The molecule has 0 spiro atoms. The molecule has 0 radical (unpaired) electrons. The van der Waals surface area contributed by atoms with E-state index in [4.69, 9.17) is 4.99 Å². The number of hydrogen-bond acceptors (Lipinski definition) is 5. The van der Waals surface area contributed by atoms with Crippen LogP contribution in [0.1, 0.15) is 30.9 Å². The summed E-state index contributed by atoms with van der Waals surface area (Å²) in [5.74, 6) is 2.04. The number of aromatic nitrogens is 1. The van der Waals surface area contributed by atoms with Crippen molar-refractivity contribution in [3.63, 3.8) is 0 Å². The Balaban J connectivity index is 0.00000324. The normalized spacial score (nSPS) is 17.0. The van der Waals surface area contributed by atoms with E-state index in [0.29, 0.717) is 19.5 Å². The first-order valence-corrected chi connectivity index (χ1v) is 11.9. The summed E-state index contributed by atoms with van der Waals surface area (Å²) in [6.07, 6.45) is 3.53. The highest BCUT2D eigenvalue weighted by atomic mass is 127. The topological polar surface area (TPSA) is 76.1 Å². The zero-order chi connectivity index (χ0) is 23.0. The number of aliphatic imine (C=N–C) groups is 1. The molecule has 0 atom stereocenters. The summed E-state index contributed by atoms with van der Waals surface area (Å²) in [6.45, 7) is 9.10. The van der Waals surface area contributed by atoms with Crippen LogP contribution >= 0.6 is 24.0 Å². The van der Waals surface area contributed by atoms with Gasteiger partial charge in [-0.05, 0) is 49.7 Å². The van der Waals surface area contributed by atoms with Gasteiger partial charge in [0, 0.05) is 64.1 Å². The molecule has 2 aliphatic heterocycles. The number of hydrogen-bond donors (Lipinski definition) is 2. The minimum absolute atomic E-state index is 0. The molecular weight excluding hydrogens is 541 g/mol. The third-order valence-electron chi connectivity index (χ3n) is 6.18. The summed E-state index contributed by atoms with van der Waals surface area (Å²) in [4.78, 5) is 27.9. The van der Waals surface area contributed by atoms with E-state index in [1.54, 1.807) is 0 Å². The quantitative estimate of drug-likeness (QED) is 0.300. The van der Waals surface area contributed by atoms with E-state index < -0.39 is 0 Å².